The molecular weight excluding hydrogens is 444 g/mol. The molecule has 0 bridgehead atoms. The van der Waals surface area contributed by atoms with E-state index in [-0.39, 0.29) is 5.69 Å². The lowest BCUT2D eigenvalue weighted by atomic mass is 10.2. The molecule has 6 nitrogen and oxygen atoms in total. The number of hydrogen-bond acceptors (Lipinski definition) is 5. The normalized spacial score (nSPS) is 12.3. The fourth-order valence-electron chi connectivity index (χ4n) is 2.36. The first-order chi connectivity index (χ1) is 13.9. The van der Waals surface area contributed by atoms with Crippen LogP contribution < -0.4 is 10.3 Å². The number of rotatable bonds is 4. The molecule has 1 N–H and O–H groups in total. The fraction of sp³-hybridized carbons (Fsp3) is 0.235. The molecule has 1 aromatic carbocycles. The first-order valence-corrected chi connectivity index (χ1v) is 8.50. The van der Waals surface area contributed by atoms with Gasteiger partial charge in [-0.3, -0.25) is 4.79 Å². The van der Waals surface area contributed by atoms with Crippen LogP contribution in [0.4, 0.5) is 26.3 Å². The smallest absolute Gasteiger partial charge is 0.437 e. The van der Waals surface area contributed by atoms with Gasteiger partial charge in [-0.05, 0) is 18.2 Å². The molecule has 13 heteroatoms. The van der Waals surface area contributed by atoms with E-state index < -0.39 is 51.5 Å². The number of H-pyrrole nitrogens is 1. The fourth-order valence-corrected chi connectivity index (χ4v) is 2.59. The Kier molecular flexibility index (Phi) is 5.54. The average molecular weight is 454 g/mol. The predicted octanol–water partition coefficient (Wildman–Crippen LogP) is 5.47. The van der Waals surface area contributed by atoms with Crippen molar-refractivity contribution in [3.8, 4) is 23.0 Å². The number of aromatic nitrogens is 3. The van der Waals surface area contributed by atoms with E-state index in [4.69, 9.17) is 20.9 Å². The molecule has 0 saturated heterocycles. The maximum absolute atomic E-state index is 13.5. The highest BCUT2D eigenvalue weighted by atomic mass is 35.5. The lowest BCUT2D eigenvalue weighted by Gasteiger charge is -2.14. The quantitative estimate of drug-likeness (QED) is 0.530. The van der Waals surface area contributed by atoms with Crippen molar-refractivity contribution < 1.29 is 35.6 Å². The van der Waals surface area contributed by atoms with Gasteiger partial charge in [-0.25, -0.2) is 4.98 Å². The van der Waals surface area contributed by atoms with Gasteiger partial charge in [0.15, 0.2) is 11.5 Å². The summed E-state index contributed by atoms with van der Waals surface area (Å²) in [6.45, 7) is 1.71. The van der Waals surface area contributed by atoms with Crippen LogP contribution in [0.3, 0.4) is 0 Å². The molecule has 0 saturated carbocycles. The monoisotopic (exact) mass is 453 g/mol. The number of nitrogens with one attached hydrogen (secondary N) is 1. The average Bonchev–Trinajstić information content (AvgIpc) is 3.12. The molecule has 160 valence electrons. The van der Waals surface area contributed by atoms with Crippen molar-refractivity contribution in [1.82, 2.24) is 15.1 Å². The number of alkyl halides is 6. The molecule has 3 aromatic rings. The maximum Gasteiger partial charge on any atom is 0.437 e. The third-order valence-corrected chi connectivity index (χ3v) is 4.09. The Hall–Kier alpha value is -3.02. The van der Waals surface area contributed by atoms with E-state index in [1.54, 1.807) is 6.92 Å². The van der Waals surface area contributed by atoms with Gasteiger partial charge in [-0.15, -0.1) is 0 Å². The second-order valence-electron chi connectivity index (χ2n) is 5.86. The summed E-state index contributed by atoms with van der Waals surface area (Å²) in [4.78, 5) is 17.7. The molecule has 0 radical (unpaired) electrons. The molecule has 0 atom stereocenters. The number of hydrogen-bond donors (Lipinski definition) is 1. The van der Waals surface area contributed by atoms with Gasteiger partial charge in [-0.2, -0.15) is 26.3 Å². The standard InChI is InChI=1S/C17H10ClF6N3O3/c1-2-7-6-11(27-30-7)14-25-13(17(22,23)24)12(15(28)26-14)29-8-3-4-10(18)9(5-8)16(19,20)21/h3-6H,2H2,1H3,(H,25,26,28). The summed E-state index contributed by atoms with van der Waals surface area (Å²) >= 11 is 5.47. The topological polar surface area (TPSA) is 81.0 Å². The van der Waals surface area contributed by atoms with Crippen molar-refractivity contribution >= 4 is 11.6 Å². The highest BCUT2D eigenvalue weighted by molar-refractivity contribution is 6.31. The largest absolute Gasteiger partial charge is 0.449 e. The molecule has 3 rings (SSSR count). The van der Waals surface area contributed by atoms with E-state index >= 15 is 0 Å². The van der Waals surface area contributed by atoms with Crippen LogP contribution in [0, 0.1) is 0 Å². The van der Waals surface area contributed by atoms with E-state index in [9.17, 15) is 31.1 Å². The second-order valence-corrected chi connectivity index (χ2v) is 6.27. The molecule has 0 aliphatic heterocycles. The summed E-state index contributed by atoms with van der Waals surface area (Å²) in [7, 11) is 0. The van der Waals surface area contributed by atoms with Crippen LogP contribution in [0.25, 0.3) is 11.5 Å². The van der Waals surface area contributed by atoms with Gasteiger partial charge in [0.05, 0.1) is 10.6 Å². The summed E-state index contributed by atoms with van der Waals surface area (Å²) in [6, 6.07) is 3.33. The molecule has 2 heterocycles. The first-order valence-electron chi connectivity index (χ1n) is 8.12. The van der Waals surface area contributed by atoms with Crippen LogP contribution in [0.15, 0.2) is 33.6 Å². The summed E-state index contributed by atoms with van der Waals surface area (Å²) in [6.07, 6.45) is -9.65. The number of halogens is 7. The maximum atomic E-state index is 13.5. The molecule has 2 aromatic heterocycles. The predicted molar refractivity (Wildman–Crippen MR) is 91.3 cm³/mol. The van der Waals surface area contributed by atoms with Gasteiger partial charge in [-0.1, -0.05) is 23.7 Å². The van der Waals surface area contributed by atoms with Crippen molar-refractivity contribution in [2.75, 3.05) is 0 Å². The molecule has 0 spiro atoms. The van der Waals surface area contributed by atoms with Gasteiger partial charge in [0.25, 0.3) is 5.56 Å². The third-order valence-electron chi connectivity index (χ3n) is 3.76. The second kappa shape index (κ2) is 7.67. The number of ether oxygens (including phenoxy) is 1. The lowest BCUT2D eigenvalue weighted by Crippen LogP contribution is -2.21. The third kappa shape index (κ3) is 4.42. The molecule has 30 heavy (non-hydrogen) atoms. The van der Waals surface area contributed by atoms with Crippen molar-refractivity contribution in [3.63, 3.8) is 0 Å². The highest BCUT2D eigenvalue weighted by Crippen LogP contribution is 2.39. The summed E-state index contributed by atoms with van der Waals surface area (Å²) in [5.41, 5.74) is -4.62. The van der Waals surface area contributed by atoms with E-state index in [1.807, 2.05) is 0 Å². The van der Waals surface area contributed by atoms with E-state index in [1.165, 1.54) is 6.07 Å². The van der Waals surface area contributed by atoms with Gasteiger partial charge in [0.2, 0.25) is 5.75 Å². The minimum Gasteiger partial charge on any atom is -0.449 e. The van der Waals surface area contributed by atoms with Gasteiger partial charge in [0.1, 0.15) is 17.2 Å². The zero-order valence-corrected chi connectivity index (χ0v) is 15.5. The molecule has 0 unspecified atom stereocenters. The SMILES string of the molecule is CCc1cc(-c2nc(C(F)(F)F)c(Oc3ccc(Cl)c(C(F)(F)F)c3)c(=O)[nH]2)no1. The molecule has 0 aliphatic rings. The number of benzene rings is 1. The first kappa shape index (κ1) is 21.7. The van der Waals surface area contributed by atoms with Crippen LogP contribution in [-0.2, 0) is 18.8 Å². The Balaban J connectivity index is 2.10. The minimum absolute atomic E-state index is 0.160. The number of aryl methyl sites for hydroxylation is 1. The van der Waals surface area contributed by atoms with E-state index in [2.05, 4.69) is 15.1 Å². The number of nitrogens with zero attached hydrogens (tertiary/aromatic N) is 2. The molecule has 0 amide bonds. The highest BCUT2D eigenvalue weighted by Gasteiger charge is 2.40. The van der Waals surface area contributed by atoms with Crippen LogP contribution in [-0.4, -0.2) is 15.1 Å². The van der Waals surface area contributed by atoms with Crippen LogP contribution in [0.2, 0.25) is 5.02 Å². The van der Waals surface area contributed by atoms with Gasteiger partial charge in [0, 0.05) is 12.5 Å². The van der Waals surface area contributed by atoms with Crippen LogP contribution in [0.5, 0.6) is 11.5 Å². The molecule has 0 fully saturated rings. The summed E-state index contributed by atoms with van der Waals surface area (Å²) in [5, 5.41) is 2.84. The Morgan fingerprint density at radius 2 is 1.83 bits per heavy atom. The summed E-state index contributed by atoms with van der Waals surface area (Å²) in [5.74, 6) is -2.23. The molecular formula is C17H10ClF6N3O3. The Morgan fingerprint density at radius 1 is 1.13 bits per heavy atom. The Morgan fingerprint density at radius 3 is 2.40 bits per heavy atom. The molecule has 0 aliphatic carbocycles. The minimum atomic E-state index is -5.16. The number of aromatic amines is 1. The zero-order valence-electron chi connectivity index (χ0n) is 14.8. The van der Waals surface area contributed by atoms with Crippen molar-refractivity contribution in [1.29, 1.82) is 0 Å². The Labute approximate surface area is 168 Å². The van der Waals surface area contributed by atoms with Crippen LogP contribution in [0.1, 0.15) is 23.9 Å². The van der Waals surface area contributed by atoms with Gasteiger partial charge >= 0.3 is 12.4 Å². The lowest BCUT2D eigenvalue weighted by molar-refractivity contribution is -0.142. The van der Waals surface area contributed by atoms with Crippen molar-refractivity contribution in [2.45, 2.75) is 25.7 Å². The van der Waals surface area contributed by atoms with E-state index in [0.29, 0.717) is 18.2 Å². The Bertz CT molecular complexity index is 1140. The van der Waals surface area contributed by atoms with Gasteiger partial charge < -0.3 is 14.2 Å². The van der Waals surface area contributed by atoms with Crippen LogP contribution >= 0.6 is 11.6 Å². The summed E-state index contributed by atoms with van der Waals surface area (Å²) < 4.78 is 89.1. The van der Waals surface area contributed by atoms with Crippen molar-refractivity contribution in [2.24, 2.45) is 0 Å². The zero-order chi connectivity index (χ0) is 22.3. The van der Waals surface area contributed by atoms with Crippen molar-refractivity contribution in [3.05, 3.63) is 56.7 Å². The van der Waals surface area contributed by atoms with E-state index in [0.717, 1.165) is 12.1 Å².